The first-order valence-corrected chi connectivity index (χ1v) is 8.73. The molecule has 1 aliphatic rings. The van der Waals surface area contributed by atoms with Gasteiger partial charge in [0.1, 0.15) is 0 Å². The largest absolute Gasteiger partial charge is 0.324 e. The Morgan fingerprint density at radius 3 is 2.58 bits per heavy atom. The number of hydrogen-bond donors (Lipinski definition) is 2. The smallest absolute Gasteiger partial charge is 0.240 e. The molecule has 0 spiro atoms. The molecule has 1 aliphatic carbocycles. The molecular weight excluding hydrogens is 328 g/mol. The van der Waals surface area contributed by atoms with Gasteiger partial charge in [-0.05, 0) is 31.0 Å². The minimum Gasteiger partial charge on any atom is -0.324 e. The average Bonchev–Trinajstić information content (AvgIpc) is 2.38. The van der Waals surface area contributed by atoms with Crippen molar-refractivity contribution >= 4 is 26.0 Å². The number of benzene rings is 1. The first-order chi connectivity index (χ1) is 8.91. The number of nitrogens with one attached hydrogen (secondary N) is 1. The van der Waals surface area contributed by atoms with Gasteiger partial charge >= 0.3 is 0 Å². The van der Waals surface area contributed by atoms with Crippen molar-refractivity contribution in [2.75, 3.05) is 6.54 Å². The lowest BCUT2D eigenvalue weighted by Crippen LogP contribution is -2.51. The van der Waals surface area contributed by atoms with Crippen molar-refractivity contribution in [3.05, 3.63) is 28.7 Å². The van der Waals surface area contributed by atoms with Crippen molar-refractivity contribution in [1.29, 1.82) is 0 Å². The zero-order chi connectivity index (χ0) is 13.9. The zero-order valence-electron chi connectivity index (χ0n) is 10.7. The number of rotatable bonds is 4. The van der Waals surface area contributed by atoms with Gasteiger partial charge in [-0.3, -0.25) is 0 Å². The van der Waals surface area contributed by atoms with Crippen molar-refractivity contribution in [3.8, 4) is 0 Å². The van der Waals surface area contributed by atoms with Crippen molar-refractivity contribution in [2.45, 2.75) is 42.5 Å². The summed E-state index contributed by atoms with van der Waals surface area (Å²) in [4.78, 5) is 0.265. The van der Waals surface area contributed by atoms with Crippen molar-refractivity contribution in [2.24, 2.45) is 5.73 Å². The Labute approximate surface area is 122 Å². The Morgan fingerprint density at radius 1 is 1.26 bits per heavy atom. The summed E-state index contributed by atoms with van der Waals surface area (Å²) in [5.41, 5.74) is 5.85. The molecule has 0 unspecified atom stereocenters. The number of hydrogen-bond acceptors (Lipinski definition) is 3. The van der Waals surface area contributed by atoms with Crippen LogP contribution in [0.15, 0.2) is 33.6 Å². The molecule has 1 aromatic carbocycles. The molecule has 19 heavy (non-hydrogen) atoms. The van der Waals surface area contributed by atoms with Crippen LogP contribution in [0.3, 0.4) is 0 Å². The molecule has 0 aromatic heterocycles. The third-order valence-electron chi connectivity index (χ3n) is 3.57. The lowest BCUT2D eigenvalue weighted by atomic mass is 9.83. The molecule has 2 rings (SSSR count). The Balaban J connectivity index is 2.05. The molecule has 1 aromatic rings. The highest BCUT2D eigenvalue weighted by molar-refractivity contribution is 9.10. The van der Waals surface area contributed by atoms with E-state index in [9.17, 15) is 8.42 Å². The van der Waals surface area contributed by atoms with E-state index in [0.717, 1.165) is 30.2 Å². The summed E-state index contributed by atoms with van der Waals surface area (Å²) in [6.45, 7) is 0.307. The summed E-state index contributed by atoms with van der Waals surface area (Å²) in [5.74, 6) is 0. The molecule has 0 amide bonds. The normalized spacial score (nSPS) is 19.3. The van der Waals surface area contributed by atoms with Crippen LogP contribution in [-0.4, -0.2) is 20.5 Å². The van der Waals surface area contributed by atoms with E-state index >= 15 is 0 Å². The van der Waals surface area contributed by atoms with Crippen LogP contribution in [0, 0.1) is 0 Å². The lowest BCUT2D eigenvalue weighted by Gasteiger charge is -2.33. The molecule has 3 N–H and O–H groups in total. The second-order valence-electron chi connectivity index (χ2n) is 5.20. The highest BCUT2D eigenvalue weighted by atomic mass is 79.9. The van der Waals surface area contributed by atoms with Crippen LogP contribution < -0.4 is 10.5 Å². The van der Waals surface area contributed by atoms with Crippen LogP contribution >= 0.6 is 15.9 Å². The van der Waals surface area contributed by atoms with E-state index in [1.165, 1.54) is 6.42 Å². The first kappa shape index (κ1) is 15.0. The first-order valence-electron chi connectivity index (χ1n) is 6.45. The molecule has 4 nitrogen and oxygen atoms in total. The van der Waals surface area contributed by atoms with Gasteiger partial charge in [0.2, 0.25) is 10.0 Å². The van der Waals surface area contributed by atoms with E-state index < -0.39 is 15.6 Å². The van der Waals surface area contributed by atoms with E-state index in [0.29, 0.717) is 6.54 Å². The molecule has 1 fully saturated rings. The predicted molar refractivity (Wildman–Crippen MR) is 79.3 cm³/mol. The highest BCUT2D eigenvalue weighted by Gasteiger charge is 2.29. The molecule has 0 saturated heterocycles. The molecule has 0 bridgehead atoms. The fourth-order valence-electron chi connectivity index (χ4n) is 2.39. The Bertz CT molecular complexity index is 539. The molecule has 1 saturated carbocycles. The molecule has 106 valence electrons. The van der Waals surface area contributed by atoms with Crippen LogP contribution in [-0.2, 0) is 10.0 Å². The second-order valence-corrected chi connectivity index (χ2v) is 7.89. The monoisotopic (exact) mass is 346 g/mol. The number of halogens is 1. The third-order valence-corrected chi connectivity index (χ3v) is 5.46. The molecule has 0 aliphatic heterocycles. The van der Waals surface area contributed by atoms with Crippen LogP contribution in [0.25, 0.3) is 0 Å². The predicted octanol–water partition coefficient (Wildman–Crippen LogP) is 2.39. The van der Waals surface area contributed by atoms with Crippen molar-refractivity contribution in [1.82, 2.24) is 4.72 Å². The Morgan fingerprint density at radius 2 is 1.95 bits per heavy atom. The van der Waals surface area contributed by atoms with E-state index in [4.69, 9.17) is 5.73 Å². The minimum atomic E-state index is -3.48. The van der Waals surface area contributed by atoms with E-state index in [2.05, 4.69) is 20.7 Å². The summed E-state index contributed by atoms with van der Waals surface area (Å²) >= 11 is 3.28. The van der Waals surface area contributed by atoms with Crippen LogP contribution in [0.4, 0.5) is 0 Å². The molecular formula is C13H19BrN2O2S. The fourth-order valence-corrected chi connectivity index (χ4v) is 4.12. The quantitative estimate of drug-likeness (QED) is 0.878. The van der Waals surface area contributed by atoms with E-state index in [1.807, 2.05) is 0 Å². The van der Waals surface area contributed by atoms with Gasteiger partial charge in [0.25, 0.3) is 0 Å². The van der Waals surface area contributed by atoms with Crippen LogP contribution in [0.5, 0.6) is 0 Å². The second kappa shape index (κ2) is 5.91. The summed E-state index contributed by atoms with van der Waals surface area (Å²) in [5, 5.41) is 0. The molecule has 6 heteroatoms. The topological polar surface area (TPSA) is 72.2 Å². The van der Waals surface area contributed by atoms with Gasteiger partial charge in [-0.2, -0.15) is 0 Å². The number of nitrogens with two attached hydrogens (primary N) is 1. The van der Waals surface area contributed by atoms with Gasteiger partial charge in [0.15, 0.2) is 0 Å². The third kappa shape index (κ3) is 4.02. The average molecular weight is 347 g/mol. The van der Waals surface area contributed by atoms with E-state index in [1.54, 1.807) is 24.3 Å². The van der Waals surface area contributed by atoms with Gasteiger partial charge < -0.3 is 5.73 Å². The zero-order valence-corrected chi connectivity index (χ0v) is 13.1. The summed E-state index contributed by atoms with van der Waals surface area (Å²) in [6.07, 6.45) is 5.11. The Kier molecular flexibility index (Phi) is 4.66. The van der Waals surface area contributed by atoms with Gasteiger partial charge in [-0.25, -0.2) is 13.1 Å². The Hall–Kier alpha value is -0.430. The maximum absolute atomic E-state index is 12.2. The van der Waals surface area contributed by atoms with Crippen LogP contribution in [0.2, 0.25) is 0 Å². The summed E-state index contributed by atoms with van der Waals surface area (Å²) in [7, 11) is -3.48. The highest BCUT2D eigenvalue weighted by Crippen LogP contribution is 2.25. The molecule has 0 radical (unpaired) electrons. The minimum absolute atomic E-state index is 0.265. The van der Waals surface area contributed by atoms with Crippen LogP contribution in [0.1, 0.15) is 32.1 Å². The van der Waals surface area contributed by atoms with Gasteiger partial charge in [-0.15, -0.1) is 0 Å². The summed E-state index contributed by atoms with van der Waals surface area (Å²) < 4.78 is 27.7. The van der Waals surface area contributed by atoms with Gasteiger partial charge in [0.05, 0.1) is 4.90 Å². The maximum Gasteiger partial charge on any atom is 0.240 e. The standard InChI is InChI=1S/C13H19BrN2O2S/c14-11-5-4-6-12(9-11)19(17,18)16-10-13(15)7-2-1-3-8-13/h4-6,9,16H,1-3,7-8,10,15H2. The molecule has 0 atom stereocenters. The van der Waals surface area contributed by atoms with E-state index in [-0.39, 0.29) is 4.90 Å². The van der Waals surface area contributed by atoms with Gasteiger partial charge in [-0.1, -0.05) is 41.3 Å². The molecule has 0 heterocycles. The lowest BCUT2D eigenvalue weighted by molar-refractivity contribution is 0.296. The maximum atomic E-state index is 12.2. The fraction of sp³-hybridized carbons (Fsp3) is 0.538. The van der Waals surface area contributed by atoms with Gasteiger partial charge in [0, 0.05) is 16.6 Å². The summed E-state index contributed by atoms with van der Waals surface area (Å²) in [6, 6.07) is 6.67. The number of sulfonamides is 1. The van der Waals surface area contributed by atoms with Crippen molar-refractivity contribution < 1.29 is 8.42 Å². The SMILES string of the molecule is NC1(CNS(=O)(=O)c2cccc(Br)c2)CCCCC1. The van der Waals surface area contributed by atoms with Crippen molar-refractivity contribution in [3.63, 3.8) is 0 Å².